The third kappa shape index (κ3) is 3.33. The highest BCUT2D eigenvalue weighted by molar-refractivity contribution is 5.84. The van der Waals surface area contributed by atoms with Gasteiger partial charge in [-0.05, 0) is 10.8 Å². The maximum absolute atomic E-state index is 12.5. The Hall–Kier alpha value is -0.330. The van der Waals surface area contributed by atoms with Crippen molar-refractivity contribution >= 4 is 5.78 Å². The largest absolute Gasteiger partial charge is 0.299 e. The van der Waals surface area contributed by atoms with Crippen molar-refractivity contribution in [2.24, 2.45) is 22.7 Å². The number of carbonyl (C=O) groups is 1. The number of hydrogen-bond donors (Lipinski definition) is 0. The Bertz CT molecular complexity index is 214. The van der Waals surface area contributed by atoms with E-state index in [1.54, 1.807) is 0 Å². The molecule has 0 aliphatic rings. The standard InChI is InChI=1S/C15H30O/c1-9-14(5,6)11(3)13(16)12(4)15(7,8)10-2/h11-12H,9-10H2,1-8H3. The quantitative estimate of drug-likeness (QED) is 0.641. The fraction of sp³-hybridized carbons (Fsp3) is 0.933. The summed E-state index contributed by atoms with van der Waals surface area (Å²) in [6.45, 7) is 17.3. The van der Waals surface area contributed by atoms with Gasteiger partial charge in [0.05, 0.1) is 0 Å². The number of rotatable bonds is 6. The van der Waals surface area contributed by atoms with Gasteiger partial charge in [-0.25, -0.2) is 0 Å². The lowest BCUT2D eigenvalue weighted by Gasteiger charge is -2.36. The average Bonchev–Trinajstić information content (AvgIpc) is 2.25. The molecule has 96 valence electrons. The van der Waals surface area contributed by atoms with E-state index in [0.29, 0.717) is 5.78 Å². The molecule has 2 unspecified atom stereocenters. The van der Waals surface area contributed by atoms with Gasteiger partial charge in [0.25, 0.3) is 0 Å². The van der Waals surface area contributed by atoms with Gasteiger partial charge in [0, 0.05) is 11.8 Å². The van der Waals surface area contributed by atoms with E-state index in [-0.39, 0.29) is 22.7 Å². The molecule has 0 rings (SSSR count). The monoisotopic (exact) mass is 226 g/mol. The maximum Gasteiger partial charge on any atom is 0.139 e. The molecule has 0 spiro atoms. The number of hydrogen-bond acceptors (Lipinski definition) is 1. The van der Waals surface area contributed by atoms with Crippen LogP contribution in [0.1, 0.15) is 68.2 Å². The van der Waals surface area contributed by atoms with Gasteiger partial charge >= 0.3 is 0 Å². The Labute approximate surface area is 102 Å². The van der Waals surface area contributed by atoms with Gasteiger partial charge < -0.3 is 0 Å². The molecule has 0 bridgehead atoms. The van der Waals surface area contributed by atoms with Gasteiger partial charge in [-0.15, -0.1) is 0 Å². The summed E-state index contributed by atoms with van der Waals surface area (Å²) < 4.78 is 0. The zero-order valence-electron chi connectivity index (χ0n) is 12.5. The van der Waals surface area contributed by atoms with E-state index >= 15 is 0 Å². The first-order chi connectivity index (χ1) is 7.10. The fourth-order valence-corrected chi connectivity index (χ4v) is 1.76. The van der Waals surface area contributed by atoms with Crippen LogP contribution in [-0.4, -0.2) is 5.78 Å². The van der Waals surface area contributed by atoms with Crippen molar-refractivity contribution in [1.29, 1.82) is 0 Å². The van der Waals surface area contributed by atoms with Crippen molar-refractivity contribution in [2.45, 2.75) is 68.2 Å². The van der Waals surface area contributed by atoms with Crippen LogP contribution in [0.3, 0.4) is 0 Å². The molecule has 0 aromatic carbocycles. The molecule has 0 saturated heterocycles. The van der Waals surface area contributed by atoms with Crippen LogP contribution in [0.4, 0.5) is 0 Å². The minimum absolute atomic E-state index is 0.120. The molecule has 0 aliphatic heterocycles. The fourth-order valence-electron chi connectivity index (χ4n) is 1.76. The first-order valence-corrected chi connectivity index (χ1v) is 6.63. The molecule has 0 aliphatic carbocycles. The second-order valence-corrected chi connectivity index (χ2v) is 6.53. The minimum Gasteiger partial charge on any atom is -0.299 e. The van der Waals surface area contributed by atoms with Crippen LogP contribution in [0.5, 0.6) is 0 Å². The summed E-state index contributed by atoms with van der Waals surface area (Å²) in [5, 5.41) is 0. The van der Waals surface area contributed by atoms with Crippen LogP contribution < -0.4 is 0 Å². The number of ketones is 1. The second kappa shape index (κ2) is 5.33. The first-order valence-electron chi connectivity index (χ1n) is 6.63. The summed E-state index contributed by atoms with van der Waals surface area (Å²) in [6.07, 6.45) is 2.11. The van der Waals surface area contributed by atoms with E-state index in [0.717, 1.165) is 12.8 Å². The van der Waals surface area contributed by atoms with E-state index in [1.807, 2.05) is 0 Å². The van der Waals surface area contributed by atoms with Crippen molar-refractivity contribution < 1.29 is 4.79 Å². The third-order valence-corrected chi connectivity index (χ3v) is 5.02. The van der Waals surface area contributed by atoms with E-state index in [9.17, 15) is 4.79 Å². The maximum atomic E-state index is 12.5. The van der Waals surface area contributed by atoms with Crippen LogP contribution in [-0.2, 0) is 4.79 Å². The molecular formula is C15H30O. The smallest absolute Gasteiger partial charge is 0.139 e. The van der Waals surface area contributed by atoms with Crippen molar-refractivity contribution in [3.8, 4) is 0 Å². The molecule has 0 radical (unpaired) electrons. The highest BCUT2D eigenvalue weighted by Crippen LogP contribution is 2.38. The summed E-state index contributed by atoms with van der Waals surface area (Å²) in [5.74, 6) is 0.732. The summed E-state index contributed by atoms with van der Waals surface area (Å²) in [5.41, 5.74) is 0.240. The van der Waals surface area contributed by atoms with E-state index in [1.165, 1.54) is 0 Å². The third-order valence-electron chi connectivity index (χ3n) is 5.02. The lowest BCUT2D eigenvalue weighted by molar-refractivity contribution is -0.132. The average molecular weight is 226 g/mol. The van der Waals surface area contributed by atoms with Gasteiger partial charge in [-0.1, -0.05) is 68.2 Å². The minimum atomic E-state index is 0.120. The Morgan fingerprint density at radius 1 is 0.875 bits per heavy atom. The van der Waals surface area contributed by atoms with E-state index < -0.39 is 0 Å². The Balaban J connectivity index is 4.82. The summed E-state index contributed by atoms with van der Waals surface area (Å²) >= 11 is 0. The Kier molecular flexibility index (Phi) is 5.22. The zero-order chi connectivity index (χ0) is 13.1. The molecule has 0 saturated carbocycles. The predicted molar refractivity (Wildman–Crippen MR) is 71.5 cm³/mol. The molecule has 2 atom stereocenters. The van der Waals surface area contributed by atoms with E-state index in [2.05, 4.69) is 55.4 Å². The van der Waals surface area contributed by atoms with Crippen molar-refractivity contribution in [3.05, 3.63) is 0 Å². The van der Waals surface area contributed by atoms with Crippen molar-refractivity contribution in [2.75, 3.05) is 0 Å². The summed E-state index contributed by atoms with van der Waals surface area (Å²) in [6, 6.07) is 0. The molecule has 0 heterocycles. The molecule has 1 nitrogen and oxygen atoms in total. The van der Waals surface area contributed by atoms with Crippen LogP contribution in [0.2, 0.25) is 0 Å². The zero-order valence-corrected chi connectivity index (χ0v) is 12.5. The first kappa shape index (κ1) is 15.7. The molecule has 1 heteroatoms. The number of Topliss-reactive ketones (excluding diaryl/α,β-unsaturated/α-hetero) is 1. The lowest BCUT2D eigenvalue weighted by Crippen LogP contribution is -2.37. The van der Waals surface area contributed by atoms with Crippen LogP contribution in [0, 0.1) is 22.7 Å². The van der Waals surface area contributed by atoms with Gasteiger partial charge in [0.1, 0.15) is 5.78 Å². The second-order valence-electron chi connectivity index (χ2n) is 6.53. The highest BCUT2D eigenvalue weighted by Gasteiger charge is 2.37. The van der Waals surface area contributed by atoms with Gasteiger partial charge in [0.15, 0.2) is 0 Å². The van der Waals surface area contributed by atoms with Gasteiger partial charge in [0.2, 0.25) is 0 Å². The van der Waals surface area contributed by atoms with Crippen LogP contribution in [0.15, 0.2) is 0 Å². The summed E-state index contributed by atoms with van der Waals surface area (Å²) in [4.78, 5) is 12.5. The van der Waals surface area contributed by atoms with Crippen molar-refractivity contribution in [3.63, 3.8) is 0 Å². The van der Waals surface area contributed by atoms with Crippen LogP contribution >= 0.6 is 0 Å². The Morgan fingerprint density at radius 3 is 1.31 bits per heavy atom. The van der Waals surface area contributed by atoms with E-state index in [4.69, 9.17) is 0 Å². The predicted octanol–water partition coefficient (Wildman–Crippen LogP) is 4.70. The van der Waals surface area contributed by atoms with Gasteiger partial charge in [-0.3, -0.25) is 4.79 Å². The molecule has 0 N–H and O–H groups in total. The van der Waals surface area contributed by atoms with Crippen molar-refractivity contribution in [1.82, 2.24) is 0 Å². The van der Waals surface area contributed by atoms with Crippen LogP contribution in [0.25, 0.3) is 0 Å². The SMILES string of the molecule is CCC(C)(C)C(C)C(=O)C(C)C(C)(C)CC. The highest BCUT2D eigenvalue weighted by atomic mass is 16.1. The topological polar surface area (TPSA) is 17.1 Å². The molecule has 0 fully saturated rings. The number of carbonyl (C=O) groups excluding carboxylic acids is 1. The molecule has 0 amide bonds. The summed E-state index contributed by atoms with van der Waals surface area (Å²) in [7, 11) is 0. The molecule has 16 heavy (non-hydrogen) atoms. The molecule has 0 aromatic heterocycles. The molecular weight excluding hydrogens is 196 g/mol. The lowest BCUT2D eigenvalue weighted by atomic mass is 9.67. The Morgan fingerprint density at radius 2 is 1.12 bits per heavy atom. The normalized spacial score (nSPS) is 17.0. The molecule has 0 aromatic rings. The van der Waals surface area contributed by atoms with Gasteiger partial charge in [-0.2, -0.15) is 0 Å².